The molecular weight excluding hydrogens is 242 g/mol. The van der Waals surface area contributed by atoms with Gasteiger partial charge in [0.25, 0.3) is 0 Å². The van der Waals surface area contributed by atoms with Gasteiger partial charge in [-0.25, -0.2) is 0 Å². The first kappa shape index (κ1) is 13.8. The number of methoxy groups -OCH3 is 1. The summed E-state index contributed by atoms with van der Waals surface area (Å²) in [6, 6.07) is 0.366. The third-order valence-electron chi connectivity index (χ3n) is 3.60. The molecule has 1 N–H and O–H groups in total. The van der Waals surface area contributed by atoms with Gasteiger partial charge in [0.15, 0.2) is 0 Å². The molecule has 1 aliphatic heterocycles. The summed E-state index contributed by atoms with van der Waals surface area (Å²) in [5, 5.41) is 2.94. The van der Waals surface area contributed by atoms with Crippen molar-refractivity contribution < 1.29 is 4.74 Å². The Bertz CT molecular complexity index is 382. The average Bonchev–Trinajstić information content (AvgIpc) is 2.47. The Kier molecular flexibility index (Phi) is 4.76. The summed E-state index contributed by atoms with van der Waals surface area (Å²) in [7, 11) is 3.37. The highest BCUT2D eigenvalue weighted by Gasteiger charge is 2.21. The van der Waals surface area contributed by atoms with Crippen molar-refractivity contribution in [1.29, 1.82) is 0 Å². The monoisotopic (exact) mass is 265 g/mol. The summed E-state index contributed by atoms with van der Waals surface area (Å²) in [5.74, 6) is 2.12. The van der Waals surface area contributed by atoms with Gasteiger partial charge in [-0.15, -0.1) is 0 Å². The molecule has 0 unspecified atom stereocenters. The van der Waals surface area contributed by atoms with E-state index in [9.17, 15) is 0 Å². The Hall–Kier alpha value is -1.59. The van der Waals surface area contributed by atoms with E-state index in [1.165, 1.54) is 25.7 Å². The van der Waals surface area contributed by atoms with Gasteiger partial charge in [-0.1, -0.05) is 19.8 Å². The number of rotatable bonds is 5. The molecule has 0 aromatic carbocycles. The second-order valence-corrected chi connectivity index (χ2v) is 4.91. The summed E-state index contributed by atoms with van der Waals surface area (Å²) in [4.78, 5) is 15.1. The maximum absolute atomic E-state index is 5.12. The molecule has 0 spiro atoms. The van der Waals surface area contributed by atoms with Crippen molar-refractivity contribution in [3.8, 4) is 6.01 Å². The molecule has 1 aliphatic rings. The van der Waals surface area contributed by atoms with Gasteiger partial charge >= 0.3 is 6.01 Å². The van der Waals surface area contributed by atoms with Gasteiger partial charge in [0, 0.05) is 20.1 Å². The lowest BCUT2D eigenvalue weighted by Crippen LogP contribution is -2.35. The van der Waals surface area contributed by atoms with Crippen LogP contribution in [0.3, 0.4) is 0 Å². The molecule has 19 heavy (non-hydrogen) atoms. The normalized spacial score (nSPS) is 16.5. The van der Waals surface area contributed by atoms with E-state index in [1.54, 1.807) is 14.2 Å². The minimum Gasteiger partial charge on any atom is -0.467 e. The number of piperidine rings is 1. The first-order valence-electron chi connectivity index (χ1n) is 6.99. The van der Waals surface area contributed by atoms with Crippen LogP contribution in [0.4, 0.5) is 11.9 Å². The third kappa shape index (κ3) is 3.45. The highest BCUT2D eigenvalue weighted by molar-refractivity contribution is 5.38. The quantitative estimate of drug-likeness (QED) is 0.877. The van der Waals surface area contributed by atoms with E-state index in [2.05, 4.69) is 32.1 Å². The predicted octanol–water partition coefficient (Wildman–Crippen LogP) is 1.94. The largest absolute Gasteiger partial charge is 0.467 e. The minimum absolute atomic E-state index is 0.366. The van der Waals surface area contributed by atoms with E-state index in [0.717, 1.165) is 19.0 Å². The van der Waals surface area contributed by atoms with E-state index < -0.39 is 0 Å². The average molecular weight is 265 g/mol. The zero-order chi connectivity index (χ0) is 13.7. The lowest BCUT2D eigenvalue weighted by Gasteiger charge is -2.31. The van der Waals surface area contributed by atoms with Crippen LogP contribution >= 0.6 is 0 Å². The van der Waals surface area contributed by atoms with Crippen LogP contribution in [0, 0.1) is 5.92 Å². The number of hydrogen-bond donors (Lipinski definition) is 1. The van der Waals surface area contributed by atoms with Crippen LogP contribution in [0.25, 0.3) is 0 Å². The fourth-order valence-corrected chi connectivity index (χ4v) is 2.52. The lowest BCUT2D eigenvalue weighted by molar-refractivity contribution is 0.366. The van der Waals surface area contributed by atoms with Gasteiger partial charge in [-0.2, -0.15) is 15.0 Å². The number of nitrogens with one attached hydrogen (secondary N) is 1. The second kappa shape index (κ2) is 6.54. The molecule has 0 saturated carbocycles. The maximum Gasteiger partial charge on any atom is 0.322 e. The first-order valence-corrected chi connectivity index (χ1v) is 6.99. The molecule has 6 nitrogen and oxygen atoms in total. The topological polar surface area (TPSA) is 63.2 Å². The van der Waals surface area contributed by atoms with E-state index in [0.29, 0.717) is 17.9 Å². The molecule has 106 valence electrons. The van der Waals surface area contributed by atoms with Crippen molar-refractivity contribution in [2.24, 2.45) is 5.92 Å². The van der Waals surface area contributed by atoms with Crippen molar-refractivity contribution in [2.75, 3.05) is 37.5 Å². The Balaban J connectivity index is 2.06. The molecule has 0 bridgehead atoms. The van der Waals surface area contributed by atoms with Crippen LogP contribution < -0.4 is 15.0 Å². The van der Waals surface area contributed by atoms with Crippen molar-refractivity contribution in [2.45, 2.75) is 32.6 Å². The summed E-state index contributed by atoms with van der Waals surface area (Å²) in [6.45, 7) is 4.28. The molecular formula is C13H23N5O. The molecule has 0 aliphatic carbocycles. The molecule has 6 heteroatoms. The Morgan fingerprint density at radius 1 is 1.26 bits per heavy atom. The molecule has 2 rings (SSSR count). The SMILES string of the molecule is CCCC1CCN(c2nc(NC)nc(OC)n2)CC1. The number of ether oxygens (including phenoxy) is 1. The van der Waals surface area contributed by atoms with Crippen molar-refractivity contribution in [1.82, 2.24) is 15.0 Å². The van der Waals surface area contributed by atoms with E-state index in [-0.39, 0.29) is 0 Å². The van der Waals surface area contributed by atoms with E-state index in [1.807, 2.05) is 0 Å². The molecule has 0 atom stereocenters. The zero-order valence-electron chi connectivity index (χ0n) is 12.0. The zero-order valence-corrected chi connectivity index (χ0v) is 12.0. The molecule has 1 aromatic heterocycles. The number of nitrogens with zero attached hydrogens (tertiary/aromatic N) is 4. The van der Waals surface area contributed by atoms with Gasteiger partial charge in [0.2, 0.25) is 11.9 Å². The van der Waals surface area contributed by atoms with Gasteiger partial charge in [-0.05, 0) is 18.8 Å². The number of hydrogen-bond acceptors (Lipinski definition) is 6. The van der Waals surface area contributed by atoms with E-state index >= 15 is 0 Å². The standard InChI is InChI=1S/C13H23N5O/c1-4-5-10-6-8-18(9-7-10)12-15-11(14-2)16-13(17-12)19-3/h10H,4-9H2,1-3H3,(H,14,15,16,17). The Morgan fingerprint density at radius 2 is 2.00 bits per heavy atom. The van der Waals surface area contributed by atoms with Gasteiger partial charge in [0.05, 0.1) is 7.11 Å². The summed E-state index contributed by atoms with van der Waals surface area (Å²) in [5.41, 5.74) is 0. The second-order valence-electron chi connectivity index (χ2n) is 4.91. The molecule has 0 amide bonds. The third-order valence-corrected chi connectivity index (χ3v) is 3.60. The van der Waals surface area contributed by atoms with Crippen LogP contribution in [-0.2, 0) is 0 Å². The van der Waals surface area contributed by atoms with Crippen molar-refractivity contribution in [3.05, 3.63) is 0 Å². The fraction of sp³-hybridized carbons (Fsp3) is 0.769. The number of anilines is 2. The predicted molar refractivity (Wildman–Crippen MR) is 75.8 cm³/mol. The van der Waals surface area contributed by atoms with Crippen LogP contribution in [0.1, 0.15) is 32.6 Å². The van der Waals surface area contributed by atoms with Crippen LogP contribution in [0.15, 0.2) is 0 Å². The summed E-state index contributed by atoms with van der Waals surface area (Å²) >= 11 is 0. The fourth-order valence-electron chi connectivity index (χ4n) is 2.52. The van der Waals surface area contributed by atoms with Gasteiger partial charge < -0.3 is 15.0 Å². The molecule has 1 saturated heterocycles. The van der Waals surface area contributed by atoms with Gasteiger partial charge in [-0.3, -0.25) is 0 Å². The molecule has 0 radical (unpaired) electrons. The summed E-state index contributed by atoms with van der Waals surface area (Å²) in [6.07, 6.45) is 5.04. The van der Waals surface area contributed by atoms with Crippen LogP contribution in [0.2, 0.25) is 0 Å². The van der Waals surface area contributed by atoms with Crippen LogP contribution in [0.5, 0.6) is 6.01 Å². The van der Waals surface area contributed by atoms with Crippen LogP contribution in [-0.4, -0.2) is 42.2 Å². The minimum atomic E-state index is 0.366. The van der Waals surface area contributed by atoms with Crippen molar-refractivity contribution in [3.63, 3.8) is 0 Å². The number of aromatic nitrogens is 3. The highest BCUT2D eigenvalue weighted by Crippen LogP contribution is 2.25. The smallest absolute Gasteiger partial charge is 0.322 e. The molecule has 2 heterocycles. The van der Waals surface area contributed by atoms with Crippen molar-refractivity contribution >= 4 is 11.9 Å². The highest BCUT2D eigenvalue weighted by atomic mass is 16.5. The Labute approximate surface area is 114 Å². The van der Waals surface area contributed by atoms with E-state index in [4.69, 9.17) is 4.74 Å². The Morgan fingerprint density at radius 3 is 2.58 bits per heavy atom. The lowest BCUT2D eigenvalue weighted by atomic mass is 9.93. The first-order chi connectivity index (χ1) is 9.26. The maximum atomic E-state index is 5.12. The van der Waals surface area contributed by atoms with Gasteiger partial charge in [0.1, 0.15) is 0 Å². The summed E-state index contributed by atoms with van der Waals surface area (Å²) < 4.78 is 5.12. The molecule has 1 aromatic rings. The molecule has 1 fully saturated rings.